The number of rotatable bonds is 6. The monoisotopic (exact) mass is 736 g/mol. The van der Waals surface area contributed by atoms with Crippen molar-refractivity contribution in [2.45, 2.75) is 49.9 Å². The molecule has 0 radical (unpaired) electrons. The molecule has 3 aromatic carbocycles. The lowest BCUT2D eigenvalue weighted by molar-refractivity contribution is -0.161. The highest BCUT2D eigenvalue weighted by molar-refractivity contribution is 6.31. The van der Waals surface area contributed by atoms with Crippen LogP contribution in [-0.4, -0.2) is 87.2 Å². The molecule has 7 rings (SSSR count). The van der Waals surface area contributed by atoms with Crippen LogP contribution in [0.3, 0.4) is 0 Å². The second-order valence-corrected chi connectivity index (χ2v) is 13.9. The molecule has 1 spiro atoms. The molecule has 274 valence electrons. The zero-order valence-corrected chi connectivity index (χ0v) is 30.1. The Hall–Kier alpha value is -5.35. The number of benzene rings is 3. The standard InChI is InChI=1S/C40H41ClN6O6/c1-45-25-29(35(44-45)32-24-30(41)14-17-34(32)48)13-10-27-11-15-31(16-12-27)42-37(49)33-26-53-40(18-6-3-7-19-40)47(33)38(50)36(28-8-4-2-5-9-28)43-39(51)46-20-22-52-23-21-46/h2,4-5,8-9,11-12,14-17,24-25,33,36,48H,3,6-7,18-23,26H2,1H3,(H,42,49)(H,43,51)/t33-,36+/m0/s1. The molecular weight excluding hydrogens is 696 g/mol. The summed E-state index contributed by atoms with van der Waals surface area (Å²) in [5.41, 5.74) is 2.50. The van der Waals surface area contributed by atoms with Crippen LogP contribution < -0.4 is 10.6 Å². The Bertz CT molecular complexity index is 2030. The van der Waals surface area contributed by atoms with Crippen LogP contribution >= 0.6 is 11.6 Å². The molecule has 3 fully saturated rings. The van der Waals surface area contributed by atoms with Gasteiger partial charge in [0.15, 0.2) is 0 Å². The Balaban J connectivity index is 1.11. The van der Waals surface area contributed by atoms with Crippen LogP contribution in [0.15, 0.2) is 79.0 Å². The number of halogens is 1. The third-order valence-corrected chi connectivity index (χ3v) is 10.2. The van der Waals surface area contributed by atoms with Gasteiger partial charge in [0.05, 0.1) is 25.4 Å². The van der Waals surface area contributed by atoms with Crippen molar-refractivity contribution in [1.82, 2.24) is 24.9 Å². The van der Waals surface area contributed by atoms with Gasteiger partial charge in [-0.05, 0) is 73.7 Å². The van der Waals surface area contributed by atoms with Gasteiger partial charge in [-0.3, -0.25) is 19.2 Å². The summed E-state index contributed by atoms with van der Waals surface area (Å²) in [6.45, 7) is 1.74. The number of aromatic hydroxyl groups is 1. The molecule has 0 bridgehead atoms. The van der Waals surface area contributed by atoms with Gasteiger partial charge in [0.25, 0.3) is 5.91 Å². The molecular formula is C40H41ClN6O6. The van der Waals surface area contributed by atoms with E-state index in [9.17, 15) is 19.5 Å². The first-order chi connectivity index (χ1) is 25.7. The minimum atomic E-state index is -1.02. The average Bonchev–Trinajstić information content (AvgIpc) is 3.74. The minimum absolute atomic E-state index is 0.0374. The highest BCUT2D eigenvalue weighted by Gasteiger charge is 2.54. The first-order valence-corrected chi connectivity index (χ1v) is 18.2. The maximum absolute atomic E-state index is 14.8. The van der Waals surface area contributed by atoms with Crippen LogP contribution in [0, 0.1) is 11.8 Å². The van der Waals surface area contributed by atoms with Crippen molar-refractivity contribution < 1.29 is 29.0 Å². The quantitative estimate of drug-likeness (QED) is 0.224. The number of phenols is 1. The number of carbonyl (C=O) groups is 3. The Morgan fingerprint density at radius 2 is 1.72 bits per heavy atom. The second kappa shape index (κ2) is 15.7. The van der Waals surface area contributed by atoms with Gasteiger partial charge >= 0.3 is 6.03 Å². The average molecular weight is 737 g/mol. The normalized spacial score (nSPS) is 18.6. The minimum Gasteiger partial charge on any atom is -0.507 e. The third-order valence-electron chi connectivity index (χ3n) is 9.92. The van der Waals surface area contributed by atoms with Gasteiger partial charge in [0.1, 0.15) is 29.3 Å². The van der Waals surface area contributed by atoms with E-state index < -0.39 is 17.8 Å². The summed E-state index contributed by atoms with van der Waals surface area (Å²) >= 11 is 6.18. The summed E-state index contributed by atoms with van der Waals surface area (Å²) in [7, 11) is 1.78. The number of hydrogen-bond donors (Lipinski definition) is 3. The molecule has 1 aromatic heterocycles. The van der Waals surface area contributed by atoms with E-state index in [2.05, 4.69) is 27.6 Å². The zero-order valence-electron chi connectivity index (χ0n) is 29.4. The van der Waals surface area contributed by atoms with Crippen LogP contribution in [0.2, 0.25) is 5.02 Å². The molecule has 2 aliphatic heterocycles. The van der Waals surface area contributed by atoms with Crippen molar-refractivity contribution in [2.75, 3.05) is 38.2 Å². The largest absolute Gasteiger partial charge is 0.507 e. The molecule has 3 aliphatic rings. The number of hydrogen-bond acceptors (Lipinski definition) is 7. The Morgan fingerprint density at radius 3 is 2.45 bits per heavy atom. The number of nitrogens with zero attached hydrogens (tertiary/aromatic N) is 4. The number of phenolic OH excluding ortho intramolecular Hbond substituents is 1. The number of morpholine rings is 1. The van der Waals surface area contributed by atoms with E-state index in [4.69, 9.17) is 21.1 Å². The molecule has 3 heterocycles. The molecule has 4 amide bonds. The van der Waals surface area contributed by atoms with Gasteiger partial charge in [-0.25, -0.2) is 4.79 Å². The van der Waals surface area contributed by atoms with Crippen LogP contribution in [0.25, 0.3) is 11.3 Å². The van der Waals surface area contributed by atoms with Crippen LogP contribution in [0.5, 0.6) is 5.75 Å². The smallest absolute Gasteiger partial charge is 0.318 e. The topological polar surface area (TPSA) is 138 Å². The lowest BCUT2D eigenvalue weighted by Crippen LogP contribution is -2.59. The number of anilines is 1. The van der Waals surface area contributed by atoms with Crippen molar-refractivity contribution in [2.24, 2.45) is 7.05 Å². The first kappa shape index (κ1) is 36.0. The van der Waals surface area contributed by atoms with Gasteiger partial charge in [-0.2, -0.15) is 5.10 Å². The van der Waals surface area contributed by atoms with Gasteiger partial charge in [-0.1, -0.05) is 60.2 Å². The highest BCUT2D eigenvalue weighted by atomic mass is 35.5. The van der Waals surface area contributed by atoms with E-state index >= 15 is 0 Å². The number of amides is 4. The van der Waals surface area contributed by atoms with Crippen molar-refractivity contribution in [3.8, 4) is 28.8 Å². The lowest BCUT2D eigenvalue weighted by Gasteiger charge is -2.43. The molecule has 4 aromatic rings. The van der Waals surface area contributed by atoms with E-state index in [0.717, 1.165) is 19.3 Å². The summed E-state index contributed by atoms with van der Waals surface area (Å²) in [6.07, 6.45) is 5.70. The predicted octanol–water partition coefficient (Wildman–Crippen LogP) is 5.46. The number of aromatic nitrogens is 2. The van der Waals surface area contributed by atoms with Gasteiger partial charge in [0, 0.05) is 48.2 Å². The molecule has 53 heavy (non-hydrogen) atoms. The van der Waals surface area contributed by atoms with E-state index in [1.807, 2.05) is 30.3 Å². The Kier molecular flexibility index (Phi) is 10.7. The summed E-state index contributed by atoms with van der Waals surface area (Å²) in [5, 5.41) is 21.3. The number of carbonyl (C=O) groups excluding carboxylic acids is 3. The van der Waals surface area contributed by atoms with Gasteiger partial charge in [-0.15, -0.1) is 0 Å². The summed E-state index contributed by atoms with van der Waals surface area (Å²) in [5.74, 6) is 5.55. The number of urea groups is 1. The highest BCUT2D eigenvalue weighted by Crippen LogP contribution is 2.42. The van der Waals surface area contributed by atoms with E-state index in [1.54, 1.807) is 64.1 Å². The van der Waals surface area contributed by atoms with Crippen molar-refractivity contribution >= 4 is 35.1 Å². The fraction of sp³-hybridized carbons (Fsp3) is 0.350. The fourth-order valence-corrected chi connectivity index (χ4v) is 7.40. The molecule has 3 N–H and O–H groups in total. The first-order valence-electron chi connectivity index (χ1n) is 17.8. The molecule has 12 nitrogen and oxygen atoms in total. The molecule has 1 aliphatic carbocycles. The number of aryl methyl sites for hydroxylation is 1. The maximum atomic E-state index is 14.8. The van der Waals surface area contributed by atoms with Crippen LogP contribution in [0.1, 0.15) is 54.8 Å². The van der Waals surface area contributed by atoms with Crippen molar-refractivity contribution in [3.63, 3.8) is 0 Å². The van der Waals surface area contributed by atoms with E-state index in [1.165, 1.54) is 6.07 Å². The van der Waals surface area contributed by atoms with Crippen molar-refractivity contribution in [3.05, 3.63) is 101 Å². The van der Waals surface area contributed by atoms with Crippen LogP contribution in [0.4, 0.5) is 10.5 Å². The molecule has 2 atom stereocenters. The van der Waals surface area contributed by atoms with Crippen LogP contribution in [-0.2, 0) is 26.1 Å². The molecule has 2 saturated heterocycles. The Labute approximate surface area is 313 Å². The lowest BCUT2D eigenvalue weighted by atomic mass is 9.89. The Morgan fingerprint density at radius 1 is 0.981 bits per heavy atom. The molecule has 13 heteroatoms. The fourth-order valence-electron chi connectivity index (χ4n) is 7.23. The second-order valence-electron chi connectivity index (χ2n) is 13.5. The number of nitrogens with one attached hydrogen (secondary N) is 2. The summed E-state index contributed by atoms with van der Waals surface area (Å²) in [4.78, 5) is 45.5. The third kappa shape index (κ3) is 7.88. The zero-order chi connectivity index (χ0) is 37.0. The summed E-state index contributed by atoms with van der Waals surface area (Å²) in [6, 6.07) is 18.7. The maximum Gasteiger partial charge on any atom is 0.318 e. The predicted molar refractivity (Wildman–Crippen MR) is 199 cm³/mol. The SMILES string of the molecule is Cn1cc(C#Cc2ccc(NC(=O)[C@@H]3COC4(CCCCC4)N3C(=O)[C@H](NC(=O)N3CCOCC3)c3ccccc3)cc2)c(-c2cc(Cl)ccc2O)n1. The van der Waals surface area contributed by atoms with E-state index in [-0.39, 0.29) is 30.2 Å². The van der Waals surface area contributed by atoms with E-state index in [0.29, 0.717) is 77.8 Å². The van der Waals surface area contributed by atoms with Gasteiger partial charge in [0.2, 0.25) is 5.91 Å². The van der Waals surface area contributed by atoms with Gasteiger partial charge < -0.3 is 30.1 Å². The molecule has 1 saturated carbocycles. The molecule has 0 unspecified atom stereocenters. The number of ether oxygens (including phenoxy) is 2. The summed E-state index contributed by atoms with van der Waals surface area (Å²) < 4.78 is 13.4. The van der Waals surface area contributed by atoms with Crippen molar-refractivity contribution in [1.29, 1.82) is 0 Å².